The van der Waals surface area contributed by atoms with Crippen molar-refractivity contribution in [2.45, 2.75) is 68.2 Å². The number of nitrogens with zero attached hydrogens (tertiary/aromatic N) is 1. The van der Waals surface area contributed by atoms with Gasteiger partial charge in [0.25, 0.3) is 16.0 Å². The molecule has 0 aliphatic carbocycles. The fourth-order valence-electron chi connectivity index (χ4n) is 5.77. The van der Waals surface area contributed by atoms with Crippen molar-refractivity contribution < 1.29 is 42.0 Å². The van der Waals surface area contributed by atoms with E-state index in [-0.39, 0.29) is 16.8 Å². The molecule has 12 nitrogen and oxygen atoms in total. The molecule has 0 unspecified atom stereocenters. The van der Waals surface area contributed by atoms with Crippen molar-refractivity contribution in [1.82, 2.24) is 10.6 Å². The van der Waals surface area contributed by atoms with Crippen LogP contribution in [0.15, 0.2) is 76.5 Å². The summed E-state index contributed by atoms with van der Waals surface area (Å²) >= 11 is 1.68. The van der Waals surface area contributed by atoms with E-state index < -0.39 is 52.3 Å². The Balaban J connectivity index is 1.65. The van der Waals surface area contributed by atoms with Crippen molar-refractivity contribution in [3.63, 3.8) is 0 Å². The van der Waals surface area contributed by atoms with Gasteiger partial charge in [-0.1, -0.05) is 69.9 Å². The maximum Gasteiger partial charge on any atom is 0.266 e. The molecular weight excluding hydrogens is 715 g/mol. The lowest BCUT2D eigenvalue weighted by Crippen LogP contribution is -2.45. The molecule has 1 radical (unpaired) electrons. The third kappa shape index (κ3) is 10.1. The Bertz CT molecular complexity index is 1810. The topological polar surface area (TPSA) is 179 Å². The zero-order valence-electron chi connectivity index (χ0n) is 28.8. The SMILES string of the molecule is CCCCC1(CCCC)C(=O)[SH]c2cc(OCC(=O)N[C@@H](C(=O)NCCS(=O)(=O)O)c3ccc(O)cc3)c(SC)cc2N(c2ccccc2)C1=O. The molecule has 0 spiro atoms. The van der Waals surface area contributed by atoms with E-state index in [1.165, 1.54) is 36.0 Å². The quantitative estimate of drug-likeness (QED) is 0.0493. The van der Waals surface area contributed by atoms with Gasteiger partial charge in [0.05, 0.1) is 16.3 Å². The smallest absolute Gasteiger partial charge is 0.266 e. The number of hydrogen-bond donors (Lipinski definition) is 5. The van der Waals surface area contributed by atoms with Gasteiger partial charge in [-0.15, -0.1) is 23.5 Å². The number of carbonyl (C=O) groups is 4. The highest BCUT2D eigenvalue weighted by Gasteiger charge is 2.50. The molecule has 4 N–H and O–H groups in total. The number of carbonyl (C=O) groups excluding carboxylic acids is 4. The Hall–Kier alpha value is -4.05. The number of ether oxygens (including phenoxy) is 1. The van der Waals surface area contributed by atoms with Crippen molar-refractivity contribution in [3.8, 4) is 11.5 Å². The lowest BCUT2D eigenvalue weighted by Gasteiger charge is -2.34. The summed E-state index contributed by atoms with van der Waals surface area (Å²) in [4.78, 5) is 58.0. The van der Waals surface area contributed by atoms with Crippen LogP contribution >= 0.6 is 23.5 Å². The van der Waals surface area contributed by atoms with Crippen LogP contribution in [0.3, 0.4) is 0 Å². The van der Waals surface area contributed by atoms with Crippen molar-refractivity contribution in [2.24, 2.45) is 5.41 Å². The van der Waals surface area contributed by atoms with Gasteiger partial charge in [-0.2, -0.15) is 8.42 Å². The van der Waals surface area contributed by atoms with E-state index in [1.807, 2.05) is 50.4 Å². The summed E-state index contributed by atoms with van der Waals surface area (Å²) in [7, 11) is -4.34. The fourth-order valence-corrected chi connectivity index (χ4v) is 7.89. The van der Waals surface area contributed by atoms with Crippen LogP contribution in [0.4, 0.5) is 11.4 Å². The molecule has 3 amide bonds. The molecule has 1 aliphatic heterocycles. The Kier molecular flexibility index (Phi) is 14.0. The first kappa shape index (κ1) is 39.7. The molecule has 0 saturated heterocycles. The number of aromatic hydroxyl groups is 1. The number of nitrogens with one attached hydrogen (secondary N) is 2. The Labute approximate surface area is 306 Å². The molecule has 51 heavy (non-hydrogen) atoms. The molecular formula is C36H44N3O9S3. The molecule has 1 heterocycles. The van der Waals surface area contributed by atoms with Gasteiger partial charge >= 0.3 is 0 Å². The zero-order valence-corrected chi connectivity index (χ0v) is 31.3. The van der Waals surface area contributed by atoms with Crippen LogP contribution in [0, 0.1) is 5.41 Å². The maximum absolute atomic E-state index is 14.7. The normalized spacial score (nSPS) is 14.7. The van der Waals surface area contributed by atoms with Gasteiger partial charge in [0.2, 0.25) is 11.8 Å². The van der Waals surface area contributed by atoms with Crippen LogP contribution in [0.25, 0.3) is 0 Å². The number of amides is 3. The zero-order chi connectivity index (χ0) is 37.2. The van der Waals surface area contributed by atoms with E-state index in [4.69, 9.17) is 9.29 Å². The lowest BCUT2D eigenvalue weighted by molar-refractivity contribution is -0.136. The molecule has 0 bridgehead atoms. The number of anilines is 2. The Morgan fingerprint density at radius 3 is 2.24 bits per heavy atom. The number of unbranched alkanes of at least 4 members (excludes halogenated alkanes) is 2. The summed E-state index contributed by atoms with van der Waals surface area (Å²) in [6.45, 7) is 3.15. The predicted molar refractivity (Wildman–Crippen MR) is 199 cm³/mol. The minimum Gasteiger partial charge on any atom is -0.508 e. The van der Waals surface area contributed by atoms with Gasteiger partial charge in [0.15, 0.2) is 11.7 Å². The highest BCUT2D eigenvalue weighted by atomic mass is 32.2. The van der Waals surface area contributed by atoms with Crippen LogP contribution < -0.4 is 20.3 Å². The van der Waals surface area contributed by atoms with Gasteiger partial charge in [0, 0.05) is 17.1 Å². The van der Waals surface area contributed by atoms with Gasteiger partial charge in [-0.05, 0) is 61.1 Å². The highest BCUT2D eigenvalue weighted by Crippen LogP contribution is 2.51. The summed E-state index contributed by atoms with van der Waals surface area (Å²) in [6.07, 6.45) is 5.82. The number of hydrogen-bond acceptors (Lipinski definition) is 9. The van der Waals surface area contributed by atoms with Gasteiger partial charge in [0.1, 0.15) is 23.0 Å². The van der Waals surface area contributed by atoms with Crippen molar-refractivity contribution in [1.29, 1.82) is 0 Å². The largest absolute Gasteiger partial charge is 0.508 e. The second-order valence-electron chi connectivity index (χ2n) is 12.1. The van der Waals surface area contributed by atoms with Crippen LogP contribution in [0.2, 0.25) is 0 Å². The number of para-hydroxylation sites is 1. The van der Waals surface area contributed by atoms with Crippen molar-refractivity contribution >= 4 is 67.9 Å². The van der Waals surface area contributed by atoms with Gasteiger partial charge in [-0.25, -0.2) is 0 Å². The summed E-state index contributed by atoms with van der Waals surface area (Å²) in [5.41, 5.74) is 0.305. The molecule has 1 atom stereocenters. The molecule has 0 aromatic heterocycles. The number of rotatable bonds is 17. The number of phenolic OH excluding ortho intramolecular Hbond substituents is 1. The number of phenols is 1. The summed E-state index contributed by atoms with van der Waals surface area (Å²) in [5, 5.41) is 14.5. The molecule has 15 heteroatoms. The van der Waals surface area contributed by atoms with Gasteiger partial charge in [-0.3, -0.25) is 28.6 Å². The third-order valence-electron chi connectivity index (χ3n) is 8.49. The van der Waals surface area contributed by atoms with E-state index in [1.54, 1.807) is 17.0 Å². The number of thiol groups is 1. The standard InChI is InChI=1S/C36H44N3O9S3/c1-4-6-17-36(18-7-5-2)34(43)39(25-11-9-8-10-12-25)27-21-30(49-3)28(22-29(27)50-35(36)44)48-23-31(41)38-32(24-13-15-26(40)16-14-24)33(42)37-19-20-51(45,46)47/h8-16,21-22,32,40,50H,4-7,17-20,23H2,1-3H3,(H,37,42)(H,38,41)(H,45,46,47)/t32-/m1/s1. The van der Waals surface area contributed by atoms with Crippen LogP contribution in [-0.4, -0.2) is 66.1 Å². The van der Waals surface area contributed by atoms with Gasteiger partial charge < -0.3 is 20.5 Å². The predicted octanol–water partition coefficient (Wildman–Crippen LogP) is 5.75. The second kappa shape index (κ2) is 17.9. The molecule has 0 saturated carbocycles. The molecule has 4 rings (SSSR count). The fraction of sp³-hybridized carbons (Fsp3) is 0.389. The van der Waals surface area contributed by atoms with Crippen LogP contribution in [0.5, 0.6) is 11.5 Å². The van der Waals surface area contributed by atoms with E-state index in [0.29, 0.717) is 57.1 Å². The Morgan fingerprint density at radius 2 is 1.65 bits per heavy atom. The van der Waals surface area contributed by atoms with Crippen LogP contribution in [0.1, 0.15) is 64.0 Å². The number of benzene rings is 3. The highest BCUT2D eigenvalue weighted by molar-refractivity contribution is 8.14. The summed E-state index contributed by atoms with van der Waals surface area (Å²) in [5.74, 6) is -2.16. The van der Waals surface area contributed by atoms with E-state index in [9.17, 15) is 32.7 Å². The molecule has 275 valence electrons. The average Bonchev–Trinajstić information content (AvgIpc) is 3.18. The van der Waals surface area contributed by atoms with E-state index in [2.05, 4.69) is 10.6 Å². The molecule has 3 aromatic rings. The molecule has 3 aromatic carbocycles. The third-order valence-corrected chi connectivity index (χ3v) is 11.2. The minimum atomic E-state index is -4.34. The Morgan fingerprint density at radius 1 is 1.00 bits per heavy atom. The van der Waals surface area contributed by atoms with E-state index in [0.717, 1.165) is 25.7 Å². The van der Waals surface area contributed by atoms with Crippen molar-refractivity contribution in [2.75, 3.05) is 30.1 Å². The lowest BCUT2D eigenvalue weighted by atomic mass is 9.77. The first-order chi connectivity index (χ1) is 24.3. The number of fused-ring (bicyclic) bond motifs is 1. The average molecular weight is 759 g/mol. The molecule has 0 fully saturated rings. The van der Waals surface area contributed by atoms with Crippen molar-refractivity contribution in [3.05, 3.63) is 72.3 Å². The van der Waals surface area contributed by atoms with Crippen LogP contribution in [-0.2, 0) is 29.3 Å². The first-order valence-electron chi connectivity index (χ1n) is 16.6. The number of thioether (sulfide) groups is 1. The minimum absolute atomic E-state index is 0.0648. The second-order valence-corrected chi connectivity index (χ2v) is 15.7. The monoisotopic (exact) mass is 758 g/mol. The first-order valence-corrected chi connectivity index (χ1v) is 20.4. The van der Waals surface area contributed by atoms with E-state index >= 15 is 0 Å². The summed E-state index contributed by atoms with van der Waals surface area (Å²) in [6, 6.07) is 17.0. The molecule has 1 aliphatic rings. The maximum atomic E-state index is 14.7. The summed E-state index contributed by atoms with van der Waals surface area (Å²) < 4.78 is 37.3.